The molecule has 0 saturated carbocycles. The normalized spacial score (nSPS) is 8.11. The van der Waals surface area contributed by atoms with Crippen LogP contribution in [0.2, 0.25) is 0 Å². The van der Waals surface area contributed by atoms with E-state index in [1.165, 1.54) is 0 Å². The molecular formula is C6H4BrNaS. The molecular weight excluding hydrogens is 207 g/mol. The van der Waals surface area contributed by atoms with E-state index >= 15 is 0 Å². The predicted molar refractivity (Wildman–Crippen MR) is 39.8 cm³/mol. The predicted octanol–water partition coefficient (Wildman–Crippen LogP) is -0.641. The molecule has 0 saturated heterocycles. The van der Waals surface area contributed by atoms with Crippen molar-refractivity contribution in [3.05, 3.63) is 28.7 Å². The molecule has 0 aliphatic carbocycles. The van der Waals surface area contributed by atoms with Gasteiger partial charge < -0.3 is 12.6 Å². The van der Waals surface area contributed by atoms with Crippen LogP contribution in [-0.2, 0) is 12.6 Å². The van der Waals surface area contributed by atoms with Crippen LogP contribution in [0.1, 0.15) is 0 Å². The molecule has 0 nitrogen and oxygen atoms in total. The third-order valence-corrected chi connectivity index (χ3v) is 2.15. The van der Waals surface area contributed by atoms with Crippen LogP contribution in [-0.4, -0.2) is 0 Å². The first-order valence-electron chi connectivity index (χ1n) is 2.22. The standard InChI is InChI=1S/C6H5BrS.Na/c7-5-3-1-2-4-6(5)8;/h1-4,8H;/q;+1/p-1. The van der Waals surface area contributed by atoms with E-state index in [9.17, 15) is 0 Å². The van der Waals surface area contributed by atoms with Gasteiger partial charge in [0.1, 0.15) is 0 Å². The summed E-state index contributed by atoms with van der Waals surface area (Å²) in [4.78, 5) is 0.868. The summed E-state index contributed by atoms with van der Waals surface area (Å²) < 4.78 is 0.995. The van der Waals surface area contributed by atoms with E-state index in [-0.39, 0.29) is 29.6 Å². The molecule has 0 unspecified atom stereocenters. The largest absolute Gasteiger partial charge is 1.00 e. The quantitative estimate of drug-likeness (QED) is 0.406. The average molecular weight is 211 g/mol. The molecule has 0 bridgehead atoms. The molecule has 0 fully saturated rings. The summed E-state index contributed by atoms with van der Waals surface area (Å²) in [5.41, 5.74) is 0. The molecule has 9 heavy (non-hydrogen) atoms. The van der Waals surface area contributed by atoms with Gasteiger partial charge in [0, 0.05) is 0 Å². The van der Waals surface area contributed by atoms with E-state index in [0.717, 1.165) is 9.37 Å². The van der Waals surface area contributed by atoms with Crippen molar-refractivity contribution in [2.24, 2.45) is 0 Å². The molecule has 0 N–H and O–H groups in total. The van der Waals surface area contributed by atoms with Crippen molar-refractivity contribution in [2.45, 2.75) is 4.90 Å². The average Bonchev–Trinajstić information content (AvgIpc) is 1.77. The first-order valence-corrected chi connectivity index (χ1v) is 3.42. The minimum Gasteiger partial charge on any atom is -0.779 e. The minimum atomic E-state index is 0. The Morgan fingerprint density at radius 3 is 2.11 bits per heavy atom. The Morgan fingerprint density at radius 1 is 1.22 bits per heavy atom. The van der Waals surface area contributed by atoms with Crippen molar-refractivity contribution < 1.29 is 29.6 Å². The maximum absolute atomic E-state index is 4.91. The fourth-order valence-corrected chi connectivity index (χ4v) is 0.876. The fraction of sp³-hybridized carbons (Fsp3) is 0. The van der Waals surface area contributed by atoms with E-state index in [1.807, 2.05) is 24.3 Å². The van der Waals surface area contributed by atoms with Crippen LogP contribution in [0.3, 0.4) is 0 Å². The monoisotopic (exact) mass is 210 g/mol. The third kappa shape index (κ3) is 3.01. The molecule has 0 aliphatic heterocycles. The van der Waals surface area contributed by atoms with Gasteiger partial charge in [-0.2, -0.15) is 4.90 Å². The van der Waals surface area contributed by atoms with Gasteiger partial charge in [0.25, 0.3) is 0 Å². The number of hydrogen-bond donors (Lipinski definition) is 0. The second-order valence-electron chi connectivity index (χ2n) is 1.43. The van der Waals surface area contributed by atoms with Gasteiger partial charge in [0.15, 0.2) is 0 Å². The summed E-state index contributed by atoms with van der Waals surface area (Å²) in [5.74, 6) is 0. The maximum atomic E-state index is 4.91. The number of rotatable bonds is 0. The Kier molecular flexibility index (Phi) is 5.17. The fourth-order valence-electron chi connectivity index (χ4n) is 0.445. The van der Waals surface area contributed by atoms with Gasteiger partial charge in [-0.3, -0.25) is 0 Å². The summed E-state index contributed by atoms with van der Waals surface area (Å²) in [6, 6.07) is 7.69. The molecule has 42 valence electrons. The summed E-state index contributed by atoms with van der Waals surface area (Å²) >= 11 is 8.20. The SMILES string of the molecule is [Na+].[S-]c1ccccc1Br. The van der Waals surface area contributed by atoms with E-state index in [4.69, 9.17) is 12.6 Å². The molecule has 0 heterocycles. The van der Waals surface area contributed by atoms with Crippen molar-refractivity contribution in [3.63, 3.8) is 0 Å². The maximum Gasteiger partial charge on any atom is 1.00 e. The molecule has 0 spiro atoms. The van der Waals surface area contributed by atoms with E-state index < -0.39 is 0 Å². The van der Waals surface area contributed by atoms with Crippen molar-refractivity contribution in [3.8, 4) is 0 Å². The zero-order chi connectivity index (χ0) is 5.98. The van der Waals surface area contributed by atoms with E-state index in [0.29, 0.717) is 0 Å². The van der Waals surface area contributed by atoms with Gasteiger partial charge in [-0.1, -0.05) is 34.1 Å². The molecule has 0 aliphatic rings. The Morgan fingerprint density at radius 2 is 1.78 bits per heavy atom. The molecule has 0 amide bonds. The molecule has 1 rings (SSSR count). The second kappa shape index (κ2) is 4.69. The Hall–Kier alpha value is 0.920. The molecule has 1 aromatic carbocycles. The van der Waals surface area contributed by atoms with Crippen molar-refractivity contribution in [1.29, 1.82) is 0 Å². The summed E-state index contributed by atoms with van der Waals surface area (Å²) in [7, 11) is 0. The van der Waals surface area contributed by atoms with Crippen LogP contribution >= 0.6 is 15.9 Å². The van der Waals surface area contributed by atoms with Crippen LogP contribution in [0.5, 0.6) is 0 Å². The third-order valence-electron chi connectivity index (χ3n) is 0.837. The van der Waals surface area contributed by atoms with Crippen molar-refractivity contribution >= 4 is 28.6 Å². The summed E-state index contributed by atoms with van der Waals surface area (Å²) in [6.45, 7) is 0. The van der Waals surface area contributed by atoms with Gasteiger partial charge in [-0.05, 0) is 10.5 Å². The van der Waals surface area contributed by atoms with Gasteiger partial charge in [-0.15, -0.1) is 0 Å². The van der Waals surface area contributed by atoms with Crippen LogP contribution in [0.25, 0.3) is 0 Å². The van der Waals surface area contributed by atoms with Crippen molar-refractivity contribution in [2.75, 3.05) is 0 Å². The molecule has 0 radical (unpaired) electrons. The van der Waals surface area contributed by atoms with Crippen LogP contribution in [0.15, 0.2) is 33.6 Å². The van der Waals surface area contributed by atoms with Gasteiger partial charge in [0.05, 0.1) is 0 Å². The Labute approximate surface area is 90.9 Å². The van der Waals surface area contributed by atoms with Crippen molar-refractivity contribution in [1.82, 2.24) is 0 Å². The van der Waals surface area contributed by atoms with Crippen LogP contribution in [0, 0.1) is 0 Å². The van der Waals surface area contributed by atoms with Gasteiger partial charge in [-0.25, -0.2) is 0 Å². The first kappa shape index (κ1) is 9.92. The zero-order valence-electron chi connectivity index (χ0n) is 5.10. The minimum absolute atomic E-state index is 0. The zero-order valence-corrected chi connectivity index (χ0v) is 9.50. The Bertz CT molecular complexity index is 169. The van der Waals surface area contributed by atoms with Crippen LogP contribution in [0.4, 0.5) is 0 Å². The molecule has 3 heteroatoms. The molecule has 1 aromatic rings. The first-order chi connectivity index (χ1) is 3.80. The number of benzene rings is 1. The van der Waals surface area contributed by atoms with E-state index in [2.05, 4.69) is 15.9 Å². The molecule has 0 atom stereocenters. The van der Waals surface area contributed by atoms with Gasteiger partial charge >= 0.3 is 29.6 Å². The van der Waals surface area contributed by atoms with Crippen LogP contribution < -0.4 is 29.6 Å². The summed E-state index contributed by atoms with van der Waals surface area (Å²) in [6.07, 6.45) is 0. The Balaban J connectivity index is 0.000000640. The molecule has 0 aromatic heterocycles. The smallest absolute Gasteiger partial charge is 0.779 e. The number of hydrogen-bond acceptors (Lipinski definition) is 1. The second-order valence-corrected chi connectivity index (χ2v) is 2.72. The summed E-state index contributed by atoms with van der Waals surface area (Å²) in [5, 5.41) is 0. The topological polar surface area (TPSA) is 0 Å². The van der Waals surface area contributed by atoms with E-state index in [1.54, 1.807) is 0 Å². The number of halogens is 1. The van der Waals surface area contributed by atoms with Gasteiger partial charge in [0.2, 0.25) is 0 Å².